The van der Waals surface area contributed by atoms with Crippen molar-refractivity contribution >= 4 is 16.9 Å². The Kier molecular flexibility index (Phi) is 10.4. The molecule has 0 radical (unpaired) electrons. The molecule has 268 valence electrons. The first-order chi connectivity index (χ1) is 23.7. The van der Waals surface area contributed by atoms with Gasteiger partial charge in [0, 0.05) is 50.7 Å². The zero-order valence-corrected chi connectivity index (χ0v) is 26.6. The van der Waals surface area contributed by atoms with Crippen molar-refractivity contribution in [2.45, 2.75) is 63.4 Å². The van der Waals surface area contributed by atoms with Crippen molar-refractivity contribution in [1.82, 2.24) is 15.1 Å². The van der Waals surface area contributed by atoms with Crippen LogP contribution in [0.25, 0.3) is 11.0 Å². The molecule has 3 heterocycles. The van der Waals surface area contributed by atoms with Crippen LogP contribution in [0.3, 0.4) is 0 Å². The van der Waals surface area contributed by atoms with Gasteiger partial charge in [0.2, 0.25) is 0 Å². The molecule has 15 heteroatoms. The highest BCUT2D eigenvalue weighted by molar-refractivity contribution is 5.96. The molecule has 4 aromatic rings. The lowest BCUT2D eigenvalue weighted by Gasteiger charge is -2.34. The second kappa shape index (κ2) is 14.8. The molecule has 0 saturated carbocycles. The predicted molar refractivity (Wildman–Crippen MR) is 167 cm³/mol. The maximum atomic E-state index is 15.2. The van der Waals surface area contributed by atoms with E-state index in [-0.39, 0.29) is 35.8 Å². The van der Waals surface area contributed by atoms with Crippen LogP contribution in [0.15, 0.2) is 77.2 Å². The van der Waals surface area contributed by atoms with Gasteiger partial charge in [-0.15, -0.1) is 26.3 Å². The minimum Gasteiger partial charge on any atom is -0.487 e. The van der Waals surface area contributed by atoms with E-state index in [0.717, 1.165) is 11.1 Å². The Balaban J connectivity index is 0.952. The summed E-state index contributed by atoms with van der Waals surface area (Å²) in [6.45, 7) is 2.92. The van der Waals surface area contributed by atoms with Gasteiger partial charge >= 0.3 is 12.7 Å². The van der Waals surface area contributed by atoms with Gasteiger partial charge in [-0.1, -0.05) is 24.3 Å². The van der Waals surface area contributed by atoms with E-state index < -0.39 is 25.0 Å². The molecule has 2 aliphatic rings. The van der Waals surface area contributed by atoms with Crippen molar-refractivity contribution in [3.05, 3.63) is 89.7 Å². The van der Waals surface area contributed by atoms with Crippen LogP contribution in [0, 0.1) is 0 Å². The Hall–Kier alpha value is -4.50. The Morgan fingerprint density at radius 1 is 0.740 bits per heavy atom. The summed E-state index contributed by atoms with van der Waals surface area (Å²) >= 11 is 0. The second-order valence-corrected chi connectivity index (χ2v) is 12.4. The Morgan fingerprint density at radius 3 is 1.84 bits per heavy atom. The first kappa shape index (κ1) is 35.3. The normalized spacial score (nSPS) is 19.7. The van der Waals surface area contributed by atoms with Crippen LogP contribution in [0.5, 0.6) is 17.2 Å². The third-order valence-corrected chi connectivity index (χ3v) is 8.61. The molecule has 3 aromatic carbocycles. The van der Waals surface area contributed by atoms with Crippen molar-refractivity contribution in [1.29, 1.82) is 0 Å². The maximum Gasteiger partial charge on any atom is 0.573 e. The van der Waals surface area contributed by atoms with E-state index in [2.05, 4.69) is 19.7 Å². The van der Waals surface area contributed by atoms with Gasteiger partial charge in [-0.05, 0) is 78.9 Å². The standard InChI is InChI=1S/C35H34F7N3O5/c36-29-21-45(20-23-3-7-27(8-4-23)50-35(40,41)42)16-13-31(29)47-28-9-10-30-24(17-28)18-32(48-30)33(46)43-25-11-14-44(15-12-25)19-22-1-5-26(6-2-22)49-34(37,38)39/h1-10,17-18,25,29,31H,11-16,19-21H2,(H,43,46)/t29-,31-/m1/s1. The highest BCUT2D eigenvalue weighted by Gasteiger charge is 2.33. The Bertz CT molecular complexity index is 1740. The number of nitrogens with one attached hydrogen (secondary N) is 1. The lowest BCUT2D eigenvalue weighted by molar-refractivity contribution is -0.275. The molecule has 8 nitrogen and oxygen atoms in total. The molecule has 0 spiro atoms. The predicted octanol–water partition coefficient (Wildman–Crippen LogP) is 7.62. The summed E-state index contributed by atoms with van der Waals surface area (Å²) in [5, 5.41) is 3.63. The molecule has 0 unspecified atom stereocenters. The second-order valence-electron chi connectivity index (χ2n) is 12.4. The van der Waals surface area contributed by atoms with E-state index >= 15 is 4.39 Å². The number of carbonyl (C=O) groups is 1. The molecule has 1 N–H and O–H groups in total. The fourth-order valence-corrected chi connectivity index (χ4v) is 6.21. The van der Waals surface area contributed by atoms with Crippen molar-refractivity contribution in [3.8, 4) is 17.2 Å². The minimum atomic E-state index is -4.77. The molecule has 1 amide bonds. The van der Waals surface area contributed by atoms with Gasteiger partial charge in [-0.25, -0.2) is 4.39 Å². The van der Waals surface area contributed by atoms with Gasteiger partial charge < -0.3 is 23.9 Å². The third kappa shape index (κ3) is 9.81. The zero-order chi connectivity index (χ0) is 35.5. The number of likely N-dealkylation sites (tertiary alicyclic amines) is 2. The zero-order valence-electron chi connectivity index (χ0n) is 26.6. The lowest BCUT2D eigenvalue weighted by Crippen LogP contribution is -2.46. The monoisotopic (exact) mass is 709 g/mol. The van der Waals surface area contributed by atoms with Crippen LogP contribution in [0.2, 0.25) is 0 Å². The molecule has 1 aromatic heterocycles. The van der Waals surface area contributed by atoms with Crippen LogP contribution < -0.4 is 19.5 Å². The number of ether oxygens (including phenoxy) is 3. The summed E-state index contributed by atoms with van der Waals surface area (Å²) < 4.78 is 109. The van der Waals surface area contributed by atoms with Gasteiger partial charge in [0.1, 0.15) is 35.1 Å². The Morgan fingerprint density at radius 2 is 1.28 bits per heavy atom. The third-order valence-electron chi connectivity index (χ3n) is 8.61. The SMILES string of the molecule is O=C(NC1CCN(Cc2ccc(OC(F)(F)F)cc2)CC1)c1cc2cc(O[C@@H]3CCN(Cc4ccc(OC(F)(F)F)cc4)C[C@H]3F)ccc2o1. The average Bonchev–Trinajstić information content (AvgIpc) is 3.48. The smallest absolute Gasteiger partial charge is 0.487 e. The molecule has 2 atom stereocenters. The van der Waals surface area contributed by atoms with E-state index in [9.17, 15) is 31.1 Å². The van der Waals surface area contributed by atoms with E-state index in [1.165, 1.54) is 36.4 Å². The summed E-state index contributed by atoms with van der Waals surface area (Å²) in [4.78, 5) is 17.1. The summed E-state index contributed by atoms with van der Waals surface area (Å²) in [5.74, 6) is -0.378. The van der Waals surface area contributed by atoms with Crippen molar-refractivity contribution in [3.63, 3.8) is 0 Å². The average molecular weight is 710 g/mol. The summed E-state index contributed by atoms with van der Waals surface area (Å²) in [6.07, 6.45) is -9.74. The highest BCUT2D eigenvalue weighted by atomic mass is 19.4. The van der Waals surface area contributed by atoms with Crippen LogP contribution >= 0.6 is 0 Å². The van der Waals surface area contributed by atoms with Crippen molar-refractivity contribution in [2.75, 3.05) is 26.2 Å². The van der Waals surface area contributed by atoms with E-state index in [4.69, 9.17) is 9.15 Å². The number of rotatable bonds is 10. The number of hydrogen-bond acceptors (Lipinski definition) is 7. The number of halogens is 7. The van der Waals surface area contributed by atoms with Crippen LogP contribution in [-0.2, 0) is 13.1 Å². The highest BCUT2D eigenvalue weighted by Crippen LogP contribution is 2.29. The van der Waals surface area contributed by atoms with Crippen LogP contribution in [0.4, 0.5) is 30.7 Å². The summed E-state index contributed by atoms with van der Waals surface area (Å²) in [7, 11) is 0. The van der Waals surface area contributed by atoms with Crippen molar-refractivity contribution in [2.24, 2.45) is 0 Å². The number of amides is 1. The van der Waals surface area contributed by atoms with Gasteiger partial charge in [-0.2, -0.15) is 0 Å². The van der Waals surface area contributed by atoms with Crippen LogP contribution in [-0.4, -0.2) is 72.9 Å². The number of hydrogen-bond donors (Lipinski definition) is 1. The molecular formula is C35H34F7N3O5. The van der Waals surface area contributed by atoms with E-state index in [0.29, 0.717) is 68.7 Å². The number of alkyl halides is 7. The quantitative estimate of drug-likeness (QED) is 0.170. The molecule has 2 fully saturated rings. The van der Waals surface area contributed by atoms with E-state index in [1.807, 2.05) is 4.90 Å². The molecule has 6 rings (SSSR count). The number of fused-ring (bicyclic) bond motifs is 1. The number of benzene rings is 3. The van der Waals surface area contributed by atoms with Crippen molar-refractivity contribution < 1.29 is 54.2 Å². The van der Waals surface area contributed by atoms with Gasteiger partial charge in [0.15, 0.2) is 5.76 Å². The number of piperidine rings is 2. The lowest BCUT2D eigenvalue weighted by atomic mass is 10.0. The summed E-state index contributed by atoms with van der Waals surface area (Å²) in [5.41, 5.74) is 2.06. The maximum absolute atomic E-state index is 15.2. The molecule has 0 aliphatic carbocycles. The molecule has 50 heavy (non-hydrogen) atoms. The molecule has 2 saturated heterocycles. The molecule has 0 bridgehead atoms. The number of nitrogens with zero attached hydrogens (tertiary/aromatic N) is 2. The number of furan rings is 1. The first-order valence-corrected chi connectivity index (χ1v) is 16.0. The molecular weight excluding hydrogens is 675 g/mol. The Labute approximate surface area is 282 Å². The van der Waals surface area contributed by atoms with Gasteiger partial charge in [-0.3, -0.25) is 14.6 Å². The topological polar surface area (TPSA) is 76.4 Å². The largest absolute Gasteiger partial charge is 0.573 e. The van der Waals surface area contributed by atoms with Gasteiger partial charge in [0.05, 0.1) is 0 Å². The van der Waals surface area contributed by atoms with E-state index in [1.54, 1.807) is 36.4 Å². The van der Waals surface area contributed by atoms with Gasteiger partial charge in [0.25, 0.3) is 5.91 Å². The fourth-order valence-electron chi connectivity index (χ4n) is 6.21. The first-order valence-electron chi connectivity index (χ1n) is 16.0. The fraction of sp³-hybridized carbons (Fsp3) is 0.400. The minimum absolute atomic E-state index is 0.0801. The summed E-state index contributed by atoms with van der Waals surface area (Å²) in [6, 6.07) is 17.8. The molecule has 2 aliphatic heterocycles. The number of carbonyl (C=O) groups excluding carboxylic acids is 1. The van der Waals surface area contributed by atoms with Crippen LogP contribution in [0.1, 0.15) is 40.9 Å².